The Morgan fingerprint density at radius 3 is 2.64 bits per heavy atom. The summed E-state index contributed by atoms with van der Waals surface area (Å²) >= 11 is 0. The van der Waals surface area contributed by atoms with Crippen LogP contribution in [0.25, 0.3) is 0 Å². The zero-order valence-electron chi connectivity index (χ0n) is 15.6. The molecule has 0 bridgehead atoms. The van der Waals surface area contributed by atoms with Crippen LogP contribution in [0.3, 0.4) is 0 Å². The van der Waals surface area contributed by atoms with Gasteiger partial charge in [0.15, 0.2) is 0 Å². The summed E-state index contributed by atoms with van der Waals surface area (Å²) in [5, 5.41) is 5.93. The second-order valence-electron chi connectivity index (χ2n) is 6.27. The van der Waals surface area contributed by atoms with E-state index in [1.807, 2.05) is 45.0 Å². The Bertz CT molecular complexity index is 713. The molecule has 1 atom stereocenters. The molecule has 0 radical (unpaired) electrons. The Balaban J connectivity index is 1.90. The van der Waals surface area contributed by atoms with Crippen molar-refractivity contribution in [2.24, 2.45) is 0 Å². The van der Waals surface area contributed by atoms with Gasteiger partial charge in [-0.1, -0.05) is 42.0 Å². The van der Waals surface area contributed by atoms with Crippen molar-refractivity contribution >= 4 is 6.03 Å². The number of hydrogen-bond acceptors (Lipinski definition) is 2. The average Bonchev–Trinajstić information content (AvgIpc) is 2.58. The van der Waals surface area contributed by atoms with Gasteiger partial charge >= 0.3 is 6.03 Å². The largest absolute Gasteiger partial charge is 0.494 e. The van der Waals surface area contributed by atoms with Crippen molar-refractivity contribution in [1.82, 2.24) is 10.6 Å². The van der Waals surface area contributed by atoms with Gasteiger partial charge in [0.25, 0.3) is 0 Å². The second-order valence-corrected chi connectivity index (χ2v) is 6.27. The third-order valence-corrected chi connectivity index (χ3v) is 4.22. The molecule has 2 aromatic carbocycles. The van der Waals surface area contributed by atoms with E-state index in [4.69, 9.17) is 4.74 Å². The maximum absolute atomic E-state index is 12.2. The summed E-state index contributed by atoms with van der Waals surface area (Å²) in [6.07, 6.45) is 0.823. The minimum Gasteiger partial charge on any atom is -0.494 e. The quantitative estimate of drug-likeness (QED) is 0.789. The van der Waals surface area contributed by atoms with Crippen LogP contribution in [0.1, 0.15) is 42.1 Å². The smallest absolute Gasteiger partial charge is 0.315 e. The molecule has 4 nitrogen and oxygen atoms in total. The highest BCUT2D eigenvalue weighted by Crippen LogP contribution is 2.26. The summed E-state index contributed by atoms with van der Waals surface area (Å²) in [5.41, 5.74) is 4.65. The summed E-state index contributed by atoms with van der Waals surface area (Å²) in [4.78, 5) is 12.2. The predicted octanol–water partition coefficient (Wildman–Crippen LogP) is 4.31. The first-order valence-corrected chi connectivity index (χ1v) is 8.83. The SMILES string of the molecule is CCOc1ccc(C)cc1C(C)NC(=O)NCCc1ccccc1C. The van der Waals surface area contributed by atoms with E-state index >= 15 is 0 Å². The molecule has 1 unspecified atom stereocenters. The van der Waals surface area contributed by atoms with Crippen molar-refractivity contribution in [1.29, 1.82) is 0 Å². The van der Waals surface area contributed by atoms with Crippen molar-refractivity contribution in [3.63, 3.8) is 0 Å². The normalized spacial score (nSPS) is 11.7. The van der Waals surface area contributed by atoms with Gasteiger partial charge in [-0.05, 0) is 51.3 Å². The van der Waals surface area contributed by atoms with E-state index in [1.165, 1.54) is 11.1 Å². The van der Waals surface area contributed by atoms with Crippen molar-refractivity contribution < 1.29 is 9.53 Å². The first-order chi connectivity index (χ1) is 12.0. The fraction of sp³-hybridized carbons (Fsp3) is 0.381. The summed E-state index contributed by atoms with van der Waals surface area (Å²) in [6.45, 7) is 9.26. The monoisotopic (exact) mass is 340 g/mol. The molecule has 2 N–H and O–H groups in total. The van der Waals surface area contributed by atoms with E-state index < -0.39 is 0 Å². The van der Waals surface area contributed by atoms with E-state index in [-0.39, 0.29) is 12.1 Å². The molecule has 0 aromatic heterocycles. The number of carbonyl (C=O) groups is 1. The second kappa shape index (κ2) is 9.11. The lowest BCUT2D eigenvalue weighted by Crippen LogP contribution is -2.38. The number of aryl methyl sites for hydroxylation is 2. The number of hydrogen-bond donors (Lipinski definition) is 2. The Morgan fingerprint density at radius 1 is 1.16 bits per heavy atom. The minimum absolute atomic E-state index is 0.125. The molecule has 0 saturated carbocycles. The molecule has 0 heterocycles. The number of ether oxygens (including phenoxy) is 1. The van der Waals surface area contributed by atoms with E-state index in [2.05, 4.69) is 35.8 Å². The Kier molecular flexibility index (Phi) is 6.87. The molecular formula is C21H28N2O2. The third kappa shape index (κ3) is 5.52. The zero-order chi connectivity index (χ0) is 18.2. The topological polar surface area (TPSA) is 50.4 Å². The summed E-state index contributed by atoms with van der Waals surface area (Å²) in [6, 6.07) is 14.0. The number of urea groups is 1. The molecule has 0 saturated heterocycles. The molecule has 0 fully saturated rings. The first kappa shape index (κ1) is 18.8. The summed E-state index contributed by atoms with van der Waals surface area (Å²) < 4.78 is 5.68. The number of nitrogens with one attached hydrogen (secondary N) is 2. The molecule has 2 rings (SSSR count). The number of amides is 2. The maximum atomic E-state index is 12.2. The summed E-state index contributed by atoms with van der Waals surface area (Å²) in [5.74, 6) is 0.820. The number of rotatable bonds is 7. The molecule has 4 heteroatoms. The summed E-state index contributed by atoms with van der Waals surface area (Å²) in [7, 11) is 0. The molecule has 0 spiro atoms. The first-order valence-electron chi connectivity index (χ1n) is 8.83. The maximum Gasteiger partial charge on any atom is 0.315 e. The molecule has 0 aliphatic heterocycles. The Morgan fingerprint density at radius 2 is 1.92 bits per heavy atom. The van der Waals surface area contributed by atoms with Gasteiger partial charge < -0.3 is 15.4 Å². The Hall–Kier alpha value is -2.49. The van der Waals surface area contributed by atoms with Crippen LogP contribution in [-0.4, -0.2) is 19.2 Å². The lowest BCUT2D eigenvalue weighted by Gasteiger charge is -2.19. The van der Waals surface area contributed by atoms with E-state index in [9.17, 15) is 4.79 Å². The number of carbonyl (C=O) groups excluding carboxylic acids is 1. The Labute approximate surface area is 150 Å². The van der Waals surface area contributed by atoms with Gasteiger partial charge in [-0.3, -0.25) is 0 Å². The van der Waals surface area contributed by atoms with Crippen LogP contribution in [0.4, 0.5) is 4.79 Å². The van der Waals surface area contributed by atoms with Crippen molar-refractivity contribution in [3.8, 4) is 5.75 Å². The van der Waals surface area contributed by atoms with Crippen LogP contribution in [-0.2, 0) is 6.42 Å². The standard InChI is InChI=1S/C21H28N2O2/c1-5-25-20-11-10-15(2)14-19(20)17(4)23-21(24)22-13-12-18-9-7-6-8-16(18)3/h6-11,14,17H,5,12-13H2,1-4H3,(H2,22,23,24). The van der Waals surface area contributed by atoms with Gasteiger partial charge in [-0.2, -0.15) is 0 Å². The van der Waals surface area contributed by atoms with E-state index in [0.717, 1.165) is 23.3 Å². The minimum atomic E-state index is -0.162. The molecule has 25 heavy (non-hydrogen) atoms. The van der Waals surface area contributed by atoms with Gasteiger partial charge in [0.1, 0.15) is 5.75 Å². The number of benzene rings is 2. The highest BCUT2D eigenvalue weighted by molar-refractivity contribution is 5.74. The van der Waals surface area contributed by atoms with Crippen LogP contribution >= 0.6 is 0 Å². The molecule has 0 aliphatic rings. The lowest BCUT2D eigenvalue weighted by molar-refractivity contribution is 0.237. The van der Waals surface area contributed by atoms with Crippen LogP contribution in [0.15, 0.2) is 42.5 Å². The molecule has 134 valence electrons. The zero-order valence-corrected chi connectivity index (χ0v) is 15.6. The van der Waals surface area contributed by atoms with Crippen molar-refractivity contribution in [2.75, 3.05) is 13.2 Å². The van der Waals surface area contributed by atoms with Gasteiger partial charge in [-0.25, -0.2) is 4.79 Å². The lowest BCUT2D eigenvalue weighted by atomic mass is 10.0. The van der Waals surface area contributed by atoms with Crippen molar-refractivity contribution in [2.45, 2.75) is 40.2 Å². The average molecular weight is 340 g/mol. The fourth-order valence-corrected chi connectivity index (χ4v) is 2.82. The highest BCUT2D eigenvalue weighted by Gasteiger charge is 2.14. The van der Waals surface area contributed by atoms with Crippen LogP contribution < -0.4 is 15.4 Å². The molecular weight excluding hydrogens is 312 g/mol. The van der Waals surface area contributed by atoms with Gasteiger partial charge in [-0.15, -0.1) is 0 Å². The van der Waals surface area contributed by atoms with E-state index in [1.54, 1.807) is 0 Å². The fourth-order valence-electron chi connectivity index (χ4n) is 2.82. The van der Waals surface area contributed by atoms with E-state index in [0.29, 0.717) is 13.2 Å². The van der Waals surface area contributed by atoms with Gasteiger partial charge in [0.2, 0.25) is 0 Å². The van der Waals surface area contributed by atoms with Crippen molar-refractivity contribution in [3.05, 3.63) is 64.7 Å². The van der Waals surface area contributed by atoms with Crippen LogP contribution in [0.5, 0.6) is 5.75 Å². The van der Waals surface area contributed by atoms with Gasteiger partial charge in [0.05, 0.1) is 12.6 Å². The molecule has 2 aromatic rings. The van der Waals surface area contributed by atoms with Crippen LogP contribution in [0, 0.1) is 13.8 Å². The molecule has 0 aliphatic carbocycles. The third-order valence-electron chi connectivity index (χ3n) is 4.22. The molecule has 2 amide bonds. The predicted molar refractivity (Wildman–Crippen MR) is 102 cm³/mol. The van der Waals surface area contributed by atoms with Crippen LogP contribution in [0.2, 0.25) is 0 Å². The van der Waals surface area contributed by atoms with Gasteiger partial charge in [0, 0.05) is 12.1 Å². The highest BCUT2D eigenvalue weighted by atomic mass is 16.5.